The minimum atomic E-state index is -0.548. The predicted octanol–water partition coefficient (Wildman–Crippen LogP) is 2.80. The molecule has 2 aliphatic heterocycles. The number of aromatic nitrogens is 1. The summed E-state index contributed by atoms with van der Waals surface area (Å²) in [4.78, 5) is 34.5. The number of likely N-dealkylation sites (tertiary alicyclic amines) is 1. The number of rotatable bonds is 3. The Bertz CT molecular complexity index is 910. The third-order valence-electron chi connectivity index (χ3n) is 6.01. The quantitative estimate of drug-likeness (QED) is 0.784. The van der Waals surface area contributed by atoms with Gasteiger partial charge in [0.25, 0.3) is 5.91 Å². The molecule has 28 heavy (non-hydrogen) atoms. The molecule has 1 saturated heterocycles. The van der Waals surface area contributed by atoms with E-state index in [0.29, 0.717) is 49.5 Å². The molecule has 0 N–H and O–H groups in total. The first-order valence-corrected chi connectivity index (χ1v) is 10.2. The van der Waals surface area contributed by atoms with Gasteiger partial charge in [0.05, 0.1) is 16.8 Å². The van der Waals surface area contributed by atoms with Gasteiger partial charge in [0, 0.05) is 54.9 Å². The minimum absolute atomic E-state index is 0.0124. The van der Waals surface area contributed by atoms with Gasteiger partial charge >= 0.3 is 0 Å². The summed E-state index contributed by atoms with van der Waals surface area (Å²) in [5.41, 5.74) is 3.25. The lowest BCUT2D eigenvalue weighted by molar-refractivity contribution is -0.146. The van der Waals surface area contributed by atoms with Crippen LogP contribution in [0, 0.1) is 23.2 Å². The molecule has 1 aromatic rings. The number of hydrogen-bond acceptors (Lipinski definition) is 4. The van der Waals surface area contributed by atoms with Crippen molar-refractivity contribution < 1.29 is 9.59 Å². The van der Waals surface area contributed by atoms with Crippen LogP contribution in [0.5, 0.6) is 0 Å². The van der Waals surface area contributed by atoms with E-state index in [1.54, 1.807) is 11.1 Å². The van der Waals surface area contributed by atoms with Crippen LogP contribution in [0.3, 0.4) is 0 Å². The molecule has 2 amide bonds. The first-order chi connectivity index (χ1) is 13.4. The highest BCUT2D eigenvalue weighted by atomic mass is 35.5. The predicted molar refractivity (Wildman–Crippen MR) is 105 cm³/mol. The van der Waals surface area contributed by atoms with Gasteiger partial charge in [0.2, 0.25) is 5.91 Å². The van der Waals surface area contributed by atoms with E-state index >= 15 is 0 Å². The number of halogens is 1. The Labute approximate surface area is 169 Å². The van der Waals surface area contributed by atoms with Gasteiger partial charge in [-0.3, -0.25) is 14.6 Å². The molecule has 3 aliphatic rings. The molecule has 0 unspecified atom stereocenters. The number of carbonyl (C=O) groups excluding carboxylic acids is 2. The van der Waals surface area contributed by atoms with Crippen LogP contribution in [0.1, 0.15) is 43.5 Å². The van der Waals surface area contributed by atoms with Crippen molar-refractivity contribution in [3.05, 3.63) is 34.1 Å². The van der Waals surface area contributed by atoms with Crippen molar-refractivity contribution in [2.45, 2.75) is 45.7 Å². The van der Waals surface area contributed by atoms with E-state index in [9.17, 15) is 9.59 Å². The van der Waals surface area contributed by atoms with Crippen LogP contribution in [0.15, 0.2) is 12.3 Å². The molecule has 6 nitrogen and oxygen atoms in total. The average molecular weight is 399 g/mol. The van der Waals surface area contributed by atoms with Crippen LogP contribution in [0.25, 0.3) is 5.57 Å². The Hall–Kier alpha value is -2.39. The van der Waals surface area contributed by atoms with Crippen LogP contribution in [-0.2, 0) is 22.6 Å². The van der Waals surface area contributed by atoms with E-state index in [0.717, 1.165) is 16.8 Å². The maximum atomic E-state index is 13.4. The second kappa shape index (κ2) is 7.21. The molecule has 0 saturated carbocycles. The maximum absolute atomic E-state index is 13.4. The number of nitrogens with zero attached hydrogens (tertiary/aromatic N) is 4. The fourth-order valence-electron chi connectivity index (χ4n) is 4.51. The molecular weight excluding hydrogens is 376 g/mol. The Morgan fingerprint density at radius 3 is 2.71 bits per heavy atom. The first-order valence-electron chi connectivity index (χ1n) is 9.78. The zero-order valence-electron chi connectivity index (χ0n) is 16.1. The summed E-state index contributed by atoms with van der Waals surface area (Å²) in [5.74, 6) is -0.173. The third kappa shape index (κ3) is 2.98. The fourth-order valence-corrected chi connectivity index (χ4v) is 4.71. The normalized spacial score (nSPS) is 20.1. The van der Waals surface area contributed by atoms with Gasteiger partial charge in [0.15, 0.2) is 0 Å². The number of allylic oxidation sites excluding steroid dienone is 1. The van der Waals surface area contributed by atoms with Crippen molar-refractivity contribution in [2.75, 3.05) is 13.1 Å². The molecule has 146 valence electrons. The van der Waals surface area contributed by atoms with Crippen LogP contribution >= 0.6 is 11.6 Å². The fraction of sp³-hybridized carbons (Fsp3) is 0.524. The van der Waals surface area contributed by atoms with Crippen LogP contribution in [0.4, 0.5) is 0 Å². The van der Waals surface area contributed by atoms with E-state index in [2.05, 4.69) is 11.1 Å². The van der Waals surface area contributed by atoms with E-state index in [4.69, 9.17) is 16.9 Å². The zero-order chi connectivity index (χ0) is 20.0. The van der Waals surface area contributed by atoms with Crippen molar-refractivity contribution in [2.24, 2.45) is 11.8 Å². The zero-order valence-corrected chi connectivity index (χ0v) is 16.9. The summed E-state index contributed by atoms with van der Waals surface area (Å²) in [5, 5.41) is 9.64. The van der Waals surface area contributed by atoms with Crippen LogP contribution in [0.2, 0.25) is 5.02 Å². The van der Waals surface area contributed by atoms with Crippen molar-refractivity contribution in [1.29, 1.82) is 5.26 Å². The van der Waals surface area contributed by atoms with Crippen molar-refractivity contribution in [1.82, 2.24) is 14.8 Å². The third-order valence-corrected chi connectivity index (χ3v) is 6.34. The van der Waals surface area contributed by atoms with Crippen molar-refractivity contribution in [3.63, 3.8) is 0 Å². The number of pyridine rings is 1. The Morgan fingerprint density at radius 2 is 2.07 bits per heavy atom. The summed E-state index contributed by atoms with van der Waals surface area (Å²) < 4.78 is 0. The Balaban J connectivity index is 1.64. The molecule has 1 aromatic heterocycles. The topological polar surface area (TPSA) is 77.3 Å². The summed E-state index contributed by atoms with van der Waals surface area (Å²) >= 11 is 6.41. The largest absolute Gasteiger partial charge is 0.341 e. The van der Waals surface area contributed by atoms with E-state index in [1.807, 2.05) is 24.8 Å². The lowest BCUT2D eigenvalue weighted by atomic mass is 9.91. The molecular formula is C21H23ClN4O2. The van der Waals surface area contributed by atoms with Gasteiger partial charge in [-0.2, -0.15) is 5.26 Å². The number of hydrogen-bond donors (Lipinski definition) is 0. The van der Waals surface area contributed by atoms with Crippen LogP contribution in [-0.4, -0.2) is 45.7 Å². The van der Waals surface area contributed by atoms with Gasteiger partial charge in [-0.1, -0.05) is 31.5 Å². The Morgan fingerprint density at radius 1 is 1.36 bits per heavy atom. The van der Waals surface area contributed by atoms with E-state index < -0.39 is 6.04 Å². The second-order valence-corrected chi connectivity index (χ2v) is 8.49. The molecule has 1 fully saturated rings. The highest BCUT2D eigenvalue weighted by Gasteiger charge is 2.42. The van der Waals surface area contributed by atoms with Crippen molar-refractivity contribution >= 4 is 29.0 Å². The Kier molecular flexibility index (Phi) is 4.88. The molecule has 0 aromatic carbocycles. The number of nitriles is 1. The molecule has 4 rings (SSSR count). The van der Waals surface area contributed by atoms with Gasteiger partial charge in [-0.05, 0) is 18.8 Å². The molecule has 7 heteroatoms. The summed E-state index contributed by atoms with van der Waals surface area (Å²) in [7, 11) is 0. The lowest BCUT2D eigenvalue weighted by Crippen LogP contribution is -2.55. The molecule has 0 radical (unpaired) electrons. The maximum Gasteiger partial charge on any atom is 0.255 e. The van der Waals surface area contributed by atoms with E-state index in [1.165, 1.54) is 0 Å². The van der Waals surface area contributed by atoms with Gasteiger partial charge in [-0.25, -0.2) is 0 Å². The molecule has 0 spiro atoms. The molecule has 1 aliphatic carbocycles. The standard InChI is InChI=1S/C21H23ClN4O2/c1-12(2)19(21(28)25-7-5-13(9-23)6-8-25)26-11-15-16(22)10-24-17-4-3-14(18(15)17)20(26)27/h3,10,12-13,19H,4-8,11H2,1-2H3/t19-/m1/s1. The number of piperidine rings is 1. The summed E-state index contributed by atoms with van der Waals surface area (Å²) in [6, 6.07) is 1.74. The smallest absolute Gasteiger partial charge is 0.255 e. The molecule has 0 bridgehead atoms. The van der Waals surface area contributed by atoms with Crippen molar-refractivity contribution in [3.8, 4) is 6.07 Å². The number of carbonyl (C=O) groups is 2. The highest BCUT2D eigenvalue weighted by molar-refractivity contribution is 6.32. The average Bonchev–Trinajstić information content (AvgIpc) is 3.12. The highest BCUT2D eigenvalue weighted by Crippen LogP contribution is 2.40. The molecule has 3 heterocycles. The lowest BCUT2D eigenvalue weighted by Gasteiger charge is -2.41. The van der Waals surface area contributed by atoms with Gasteiger partial charge < -0.3 is 9.80 Å². The SMILES string of the molecule is CC(C)[C@H](C(=O)N1CCC(C#N)CC1)N1Cc2c(Cl)cnc3c2C(=CC3)C1=O. The molecule has 1 atom stereocenters. The first kappa shape index (κ1) is 18.9. The summed E-state index contributed by atoms with van der Waals surface area (Å²) in [6.07, 6.45) is 5.54. The van der Waals surface area contributed by atoms with Crippen LogP contribution < -0.4 is 0 Å². The van der Waals surface area contributed by atoms with E-state index in [-0.39, 0.29) is 23.7 Å². The van der Waals surface area contributed by atoms with Gasteiger partial charge in [-0.15, -0.1) is 0 Å². The monoisotopic (exact) mass is 398 g/mol. The second-order valence-electron chi connectivity index (χ2n) is 8.08. The summed E-state index contributed by atoms with van der Waals surface area (Å²) in [6.45, 7) is 5.39. The minimum Gasteiger partial charge on any atom is -0.341 e. The van der Waals surface area contributed by atoms with Gasteiger partial charge in [0.1, 0.15) is 6.04 Å². The number of amides is 2.